The second-order valence-electron chi connectivity index (χ2n) is 8.82. The van der Waals surface area contributed by atoms with Crippen molar-refractivity contribution in [1.29, 1.82) is 0 Å². The minimum absolute atomic E-state index is 0.0139. The summed E-state index contributed by atoms with van der Waals surface area (Å²) in [6, 6.07) is 2.60. The van der Waals surface area contributed by atoms with Crippen LogP contribution in [0.3, 0.4) is 0 Å². The fraction of sp³-hybridized carbons (Fsp3) is 0.542. The van der Waals surface area contributed by atoms with Gasteiger partial charge >= 0.3 is 0 Å². The Balaban J connectivity index is 1.50. The van der Waals surface area contributed by atoms with E-state index in [1.807, 2.05) is 25.3 Å². The number of pyridine rings is 1. The lowest BCUT2D eigenvalue weighted by Gasteiger charge is -2.27. The molecule has 184 valence electrons. The van der Waals surface area contributed by atoms with Crippen molar-refractivity contribution in [2.45, 2.75) is 33.4 Å². The van der Waals surface area contributed by atoms with E-state index in [1.165, 1.54) is 6.20 Å². The van der Waals surface area contributed by atoms with Crippen molar-refractivity contribution in [3.63, 3.8) is 0 Å². The minimum Gasteiger partial charge on any atom is -0.454 e. The molecule has 0 spiro atoms. The molecule has 0 bridgehead atoms. The Labute approximate surface area is 198 Å². The summed E-state index contributed by atoms with van der Waals surface area (Å²) >= 11 is 0. The van der Waals surface area contributed by atoms with Gasteiger partial charge < -0.3 is 29.4 Å². The quantitative estimate of drug-likeness (QED) is 0.589. The van der Waals surface area contributed by atoms with Gasteiger partial charge in [-0.3, -0.25) is 19.3 Å². The number of aromatic nitrogens is 1. The molecule has 1 aromatic carbocycles. The van der Waals surface area contributed by atoms with Crippen LogP contribution in [0.5, 0.6) is 11.5 Å². The Morgan fingerprint density at radius 3 is 2.50 bits per heavy atom. The molecule has 0 aliphatic carbocycles. The molecule has 2 amide bonds. The normalized spacial score (nSPS) is 16.6. The summed E-state index contributed by atoms with van der Waals surface area (Å²) in [7, 11) is 0. The van der Waals surface area contributed by atoms with E-state index in [0.717, 1.165) is 19.6 Å². The predicted molar refractivity (Wildman–Crippen MR) is 126 cm³/mol. The second-order valence-corrected chi connectivity index (χ2v) is 8.82. The SMILES string of the molecule is CCn1cc(C(=O)N[C@H](C(=O)NCCN2CCOCC2)C(C)C)c(=O)c2cc3c(cc21)OCO3. The Hall–Kier alpha value is -3.11. The summed E-state index contributed by atoms with van der Waals surface area (Å²) in [6.45, 7) is 10.6. The maximum absolute atomic E-state index is 13.2. The van der Waals surface area contributed by atoms with E-state index < -0.39 is 17.4 Å². The molecular formula is C24H32N4O6. The average Bonchev–Trinajstić information content (AvgIpc) is 3.29. The molecule has 0 radical (unpaired) electrons. The van der Waals surface area contributed by atoms with Crippen LogP contribution in [0.15, 0.2) is 23.1 Å². The van der Waals surface area contributed by atoms with Gasteiger partial charge in [-0.2, -0.15) is 0 Å². The smallest absolute Gasteiger partial charge is 0.257 e. The standard InChI is InChI=1S/C24H32N4O6/c1-4-28-13-17(22(29)16-11-19-20(12-18(16)28)34-14-33-19)23(30)26-21(15(2)3)24(31)25-5-6-27-7-9-32-10-8-27/h11-13,15,21H,4-10,14H2,1-3H3,(H,25,31)(H,26,30)/t21-/m0/s1. The molecule has 2 aliphatic rings. The van der Waals surface area contributed by atoms with Gasteiger partial charge in [-0.15, -0.1) is 0 Å². The molecule has 2 N–H and O–H groups in total. The molecule has 2 aliphatic heterocycles. The van der Waals surface area contributed by atoms with Crippen molar-refractivity contribution in [2.75, 3.05) is 46.2 Å². The minimum atomic E-state index is -0.765. The molecule has 1 aromatic heterocycles. The second kappa shape index (κ2) is 10.4. The number of hydrogen-bond acceptors (Lipinski definition) is 7. The number of benzene rings is 1. The highest BCUT2D eigenvalue weighted by atomic mass is 16.7. The first-order valence-electron chi connectivity index (χ1n) is 11.7. The number of hydrogen-bond donors (Lipinski definition) is 2. The topological polar surface area (TPSA) is 111 Å². The largest absolute Gasteiger partial charge is 0.454 e. The Morgan fingerprint density at radius 1 is 1.12 bits per heavy atom. The van der Waals surface area contributed by atoms with E-state index in [0.29, 0.717) is 48.7 Å². The van der Waals surface area contributed by atoms with Crippen molar-refractivity contribution in [3.05, 3.63) is 34.1 Å². The zero-order valence-corrected chi connectivity index (χ0v) is 19.9. The highest BCUT2D eigenvalue weighted by molar-refractivity contribution is 6.00. The summed E-state index contributed by atoms with van der Waals surface area (Å²) < 4.78 is 18.0. The third-order valence-corrected chi connectivity index (χ3v) is 6.23. The van der Waals surface area contributed by atoms with E-state index >= 15 is 0 Å². The van der Waals surface area contributed by atoms with Gasteiger partial charge in [-0.1, -0.05) is 13.8 Å². The number of rotatable bonds is 8. The molecule has 1 saturated heterocycles. The molecule has 10 nitrogen and oxygen atoms in total. The highest BCUT2D eigenvalue weighted by Crippen LogP contribution is 2.35. The van der Waals surface area contributed by atoms with E-state index in [1.54, 1.807) is 12.1 Å². The van der Waals surface area contributed by atoms with Gasteiger partial charge in [-0.25, -0.2) is 0 Å². The summed E-state index contributed by atoms with van der Waals surface area (Å²) in [4.78, 5) is 41.5. The number of aryl methyl sites for hydroxylation is 1. The van der Waals surface area contributed by atoms with E-state index in [2.05, 4.69) is 15.5 Å². The van der Waals surface area contributed by atoms with Gasteiger partial charge in [0.1, 0.15) is 11.6 Å². The summed E-state index contributed by atoms with van der Waals surface area (Å²) in [5.74, 6) is 0.0461. The first-order chi connectivity index (χ1) is 16.4. The lowest BCUT2D eigenvalue weighted by molar-refractivity contribution is -0.124. The first-order valence-corrected chi connectivity index (χ1v) is 11.7. The van der Waals surface area contributed by atoms with Gasteiger partial charge in [0.15, 0.2) is 11.5 Å². The Morgan fingerprint density at radius 2 is 1.82 bits per heavy atom. The van der Waals surface area contributed by atoms with Crippen LogP contribution in [0.2, 0.25) is 0 Å². The van der Waals surface area contributed by atoms with E-state index in [9.17, 15) is 14.4 Å². The molecule has 34 heavy (non-hydrogen) atoms. The molecule has 2 aromatic rings. The number of nitrogens with zero attached hydrogens (tertiary/aromatic N) is 2. The first kappa shape index (κ1) is 24.0. The number of amides is 2. The van der Waals surface area contributed by atoms with Crippen LogP contribution in [0.25, 0.3) is 10.9 Å². The van der Waals surface area contributed by atoms with Crippen LogP contribution in [0.4, 0.5) is 0 Å². The highest BCUT2D eigenvalue weighted by Gasteiger charge is 2.27. The molecule has 1 atom stereocenters. The van der Waals surface area contributed by atoms with Crippen LogP contribution in [-0.2, 0) is 16.1 Å². The van der Waals surface area contributed by atoms with Gasteiger partial charge in [0.2, 0.25) is 18.1 Å². The maximum atomic E-state index is 13.2. The summed E-state index contributed by atoms with van der Waals surface area (Å²) in [5, 5.41) is 6.06. The van der Waals surface area contributed by atoms with Crippen LogP contribution in [0.1, 0.15) is 31.1 Å². The lowest BCUT2D eigenvalue weighted by atomic mass is 10.0. The number of carbonyl (C=O) groups is 2. The van der Waals surface area contributed by atoms with Gasteiger partial charge in [0.05, 0.1) is 24.1 Å². The summed E-state index contributed by atoms with van der Waals surface area (Å²) in [5.41, 5.74) is 0.236. The number of carbonyl (C=O) groups excluding carboxylic acids is 2. The zero-order chi connectivity index (χ0) is 24.2. The van der Waals surface area contributed by atoms with Gasteiger partial charge in [-0.05, 0) is 18.9 Å². The molecule has 10 heteroatoms. The zero-order valence-electron chi connectivity index (χ0n) is 19.9. The molecule has 0 saturated carbocycles. The van der Waals surface area contributed by atoms with Crippen LogP contribution >= 0.6 is 0 Å². The number of fused-ring (bicyclic) bond motifs is 2. The lowest BCUT2D eigenvalue weighted by Crippen LogP contribution is -2.51. The van der Waals surface area contributed by atoms with Crippen LogP contribution in [0, 0.1) is 5.92 Å². The third kappa shape index (κ3) is 5.02. The number of morpholine rings is 1. The fourth-order valence-corrected chi connectivity index (χ4v) is 4.23. The summed E-state index contributed by atoms with van der Waals surface area (Å²) in [6.07, 6.45) is 1.54. The molecular weight excluding hydrogens is 440 g/mol. The van der Waals surface area contributed by atoms with E-state index in [-0.39, 0.29) is 24.2 Å². The third-order valence-electron chi connectivity index (χ3n) is 6.23. The Bertz CT molecular complexity index is 1120. The van der Waals surface area contributed by atoms with Crippen molar-refractivity contribution in [2.24, 2.45) is 5.92 Å². The van der Waals surface area contributed by atoms with Crippen molar-refractivity contribution >= 4 is 22.7 Å². The Kier molecular flexibility index (Phi) is 7.38. The van der Waals surface area contributed by atoms with Crippen LogP contribution < -0.4 is 25.5 Å². The van der Waals surface area contributed by atoms with Crippen molar-refractivity contribution in [1.82, 2.24) is 20.1 Å². The number of nitrogens with one attached hydrogen (secondary N) is 2. The fourth-order valence-electron chi connectivity index (χ4n) is 4.23. The van der Waals surface area contributed by atoms with Crippen molar-refractivity contribution < 1.29 is 23.8 Å². The molecule has 0 unspecified atom stereocenters. The molecule has 4 rings (SSSR count). The van der Waals surface area contributed by atoms with E-state index in [4.69, 9.17) is 14.2 Å². The monoisotopic (exact) mass is 472 g/mol. The van der Waals surface area contributed by atoms with Crippen LogP contribution in [-0.4, -0.2) is 73.5 Å². The van der Waals surface area contributed by atoms with Gasteiger partial charge in [0.25, 0.3) is 5.91 Å². The molecule has 1 fully saturated rings. The number of ether oxygens (including phenoxy) is 3. The van der Waals surface area contributed by atoms with Crippen molar-refractivity contribution in [3.8, 4) is 11.5 Å². The molecule has 3 heterocycles. The van der Waals surface area contributed by atoms with Gasteiger partial charge in [0, 0.05) is 45.0 Å². The predicted octanol–water partition coefficient (Wildman–Crippen LogP) is 0.953. The average molecular weight is 473 g/mol. The maximum Gasteiger partial charge on any atom is 0.257 e.